The molecule has 2 heterocycles. The molecule has 4 nitrogen and oxygen atoms in total. The highest BCUT2D eigenvalue weighted by Crippen LogP contribution is 2.19. The van der Waals surface area contributed by atoms with Crippen molar-refractivity contribution in [2.24, 2.45) is 5.73 Å². The number of para-hydroxylation sites is 2. The molecule has 0 aliphatic heterocycles. The van der Waals surface area contributed by atoms with Crippen LogP contribution in [0.25, 0.3) is 11.0 Å². The Morgan fingerprint density at radius 1 is 1.16 bits per heavy atom. The van der Waals surface area contributed by atoms with E-state index in [1.54, 1.807) is 0 Å². The molecule has 0 saturated heterocycles. The summed E-state index contributed by atoms with van der Waals surface area (Å²) in [6, 6.07) is 12.1. The molecule has 0 aliphatic rings. The summed E-state index contributed by atoms with van der Waals surface area (Å²) in [5.41, 5.74) is 7.76. The van der Waals surface area contributed by atoms with Crippen LogP contribution in [0.5, 0.6) is 0 Å². The van der Waals surface area contributed by atoms with Crippen molar-refractivity contribution in [2.45, 2.75) is 26.4 Å². The summed E-state index contributed by atoms with van der Waals surface area (Å²) in [5.74, 6) is 2.75. The normalized spacial score (nSPS) is 11.3. The van der Waals surface area contributed by atoms with Crippen molar-refractivity contribution >= 4 is 11.0 Å². The molecular formula is C15H17N3O. The van der Waals surface area contributed by atoms with E-state index >= 15 is 0 Å². The van der Waals surface area contributed by atoms with Crippen LogP contribution >= 0.6 is 0 Å². The minimum Gasteiger partial charge on any atom is -0.464 e. The molecule has 3 rings (SSSR count). The van der Waals surface area contributed by atoms with E-state index < -0.39 is 0 Å². The quantitative estimate of drug-likeness (QED) is 0.779. The van der Waals surface area contributed by atoms with Crippen molar-refractivity contribution < 1.29 is 4.42 Å². The lowest BCUT2D eigenvalue weighted by atomic mass is 10.3. The molecule has 0 amide bonds. The van der Waals surface area contributed by atoms with Crippen LogP contribution in [0.3, 0.4) is 0 Å². The molecule has 2 N–H and O–H groups in total. The third-order valence-electron chi connectivity index (χ3n) is 3.30. The Balaban J connectivity index is 1.99. The summed E-state index contributed by atoms with van der Waals surface area (Å²) in [6.07, 6.45) is 0.697. The average Bonchev–Trinajstić information content (AvgIpc) is 3.02. The van der Waals surface area contributed by atoms with Crippen LogP contribution in [-0.4, -0.2) is 9.55 Å². The topological polar surface area (TPSA) is 57.0 Å². The molecule has 0 bridgehead atoms. The molecule has 2 aromatic heterocycles. The molecule has 1 aromatic carbocycles. The Bertz CT molecular complexity index is 696. The van der Waals surface area contributed by atoms with Gasteiger partial charge in [-0.05, 0) is 31.2 Å². The van der Waals surface area contributed by atoms with Gasteiger partial charge in [0.25, 0.3) is 0 Å². The molecule has 4 heteroatoms. The van der Waals surface area contributed by atoms with Crippen LogP contribution in [-0.2, 0) is 19.5 Å². The van der Waals surface area contributed by atoms with E-state index in [2.05, 4.69) is 22.5 Å². The van der Waals surface area contributed by atoms with Gasteiger partial charge < -0.3 is 14.7 Å². The molecule has 0 atom stereocenters. The van der Waals surface area contributed by atoms with Crippen LogP contribution in [0.2, 0.25) is 0 Å². The molecule has 0 fully saturated rings. The lowest BCUT2D eigenvalue weighted by molar-refractivity contribution is 0.470. The second kappa shape index (κ2) is 4.90. The number of fused-ring (bicyclic) bond motifs is 1. The number of nitrogens with zero attached hydrogens (tertiary/aromatic N) is 2. The highest BCUT2D eigenvalue weighted by Gasteiger charge is 2.11. The number of aromatic nitrogens is 2. The van der Waals surface area contributed by atoms with Crippen molar-refractivity contribution in [1.29, 1.82) is 0 Å². The highest BCUT2D eigenvalue weighted by molar-refractivity contribution is 5.75. The van der Waals surface area contributed by atoms with Crippen LogP contribution in [0.15, 0.2) is 40.8 Å². The van der Waals surface area contributed by atoms with E-state index in [0.717, 1.165) is 29.4 Å². The molecule has 0 aliphatic carbocycles. The van der Waals surface area contributed by atoms with Gasteiger partial charge in [-0.25, -0.2) is 4.98 Å². The monoisotopic (exact) mass is 255 g/mol. The minimum absolute atomic E-state index is 0.435. The minimum atomic E-state index is 0.435. The number of nitrogens with two attached hydrogens (primary N) is 1. The van der Waals surface area contributed by atoms with Crippen molar-refractivity contribution in [3.8, 4) is 0 Å². The standard InChI is InChI=1S/C15H17N3O/c1-2-18-14-6-4-3-5-13(14)17-15(18)9-11-7-8-12(10-16)19-11/h3-8H,2,9-10,16H2,1H3. The molecule has 0 saturated carbocycles. The molecule has 98 valence electrons. The van der Waals surface area contributed by atoms with Gasteiger partial charge >= 0.3 is 0 Å². The maximum Gasteiger partial charge on any atom is 0.117 e. The first-order chi connectivity index (χ1) is 9.31. The summed E-state index contributed by atoms with van der Waals surface area (Å²) in [5, 5.41) is 0. The Morgan fingerprint density at radius 3 is 2.68 bits per heavy atom. The summed E-state index contributed by atoms with van der Waals surface area (Å²) >= 11 is 0. The third kappa shape index (κ3) is 2.15. The molecule has 0 spiro atoms. The summed E-state index contributed by atoms with van der Waals surface area (Å²) in [7, 11) is 0. The maximum atomic E-state index is 5.65. The first kappa shape index (κ1) is 12.0. The van der Waals surface area contributed by atoms with Crippen molar-refractivity contribution in [2.75, 3.05) is 0 Å². The maximum absolute atomic E-state index is 5.65. The van der Waals surface area contributed by atoms with Gasteiger partial charge in [-0.15, -0.1) is 0 Å². The van der Waals surface area contributed by atoms with Crippen molar-refractivity contribution in [3.63, 3.8) is 0 Å². The van der Waals surface area contributed by atoms with E-state index in [4.69, 9.17) is 10.2 Å². The Kier molecular flexibility index (Phi) is 3.09. The second-order valence-electron chi connectivity index (χ2n) is 4.51. The fourth-order valence-corrected chi connectivity index (χ4v) is 2.40. The predicted octanol–water partition coefficient (Wildman–Crippen LogP) is 2.70. The smallest absolute Gasteiger partial charge is 0.117 e. The number of rotatable bonds is 4. The van der Waals surface area contributed by atoms with Gasteiger partial charge in [0.05, 0.1) is 24.0 Å². The third-order valence-corrected chi connectivity index (χ3v) is 3.30. The summed E-state index contributed by atoms with van der Waals surface area (Å²) in [4.78, 5) is 4.69. The zero-order chi connectivity index (χ0) is 13.2. The van der Waals surface area contributed by atoms with E-state index in [1.165, 1.54) is 5.52 Å². The fraction of sp³-hybridized carbons (Fsp3) is 0.267. The van der Waals surface area contributed by atoms with Gasteiger partial charge in [0.2, 0.25) is 0 Å². The van der Waals surface area contributed by atoms with E-state index in [1.807, 2.05) is 30.3 Å². The Morgan fingerprint density at radius 2 is 1.95 bits per heavy atom. The highest BCUT2D eigenvalue weighted by atomic mass is 16.3. The lowest BCUT2D eigenvalue weighted by Gasteiger charge is -2.04. The number of benzene rings is 1. The van der Waals surface area contributed by atoms with Gasteiger partial charge in [-0.1, -0.05) is 12.1 Å². The average molecular weight is 255 g/mol. The van der Waals surface area contributed by atoms with Gasteiger partial charge in [0.1, 0.15) is 17.3 Å². The number of hydrogen-bond acceptors (Lipinski definition) is 3. The van der Waals surface area contributed by atoms with Crippen molar-refractivity contribution in [1.82, 2.24) is 9.55 Å². The molecular weight excluding hydrogens is 238 g/mol. The fourth-order valence-electron chi connectivity index (χ4n) is 2.40. The zero-order valence-corrected chi connectivity index (χ0v) is 11.0. The summed E-state index contributed by atoms with van der Waals surface area (Å²) in [6.45, 7) is 3.47. The van der Waals surface area contributed by atoms with Gasteiger partial charge in [0, 0.05) is 6.54 Å². The van der Waals surface area contributed by atoms with Gasteiger partial charge in [-0.3, -0.25) is 0 Å². The number of furan rings is 1. The molecule has 3 aromatic rings. The van der Waals surface area contributed by atoms with Crippen LogP contribution in [0, 0.1) is 0 Å². The Hall–Kier alpha value is -2.07. The predicted molar refractivity (Wildman–Crippen MR) is 74.8 cm³/mol. The number of hydrogen-bond donors (Lipinski definition) is 1. The largest absolute Gasteiger partial charge is 0.464 e. The van der Waals surface area contributed by atoms with E-state index in [0.29, 0.717) is 13.0 Å². The number of aryl methyl sites for hydroxylation is 1. The second-order valence-corrected chi connectivity index (χ2v) is 4.51. The van der Waals surface area contributed by atoms with Crippen LogP contribution in [0.1, 0.15) is 24.3 Å². The lowest BCUT2D eigenvalue weighted by Crippen LogP contribution is -2.02. The van der Waals surface area contributed by atoms with Crippen molar-refractivity contribution in [3.05, 3.63) is 53.7 Å². The van der Waals surface area contributed by atoms with E-state index in [-0.39, 0.29) is 0 Å². The first-order valence-electron chi connectivity index (χ1n) is 6.53. The van der Waals surface area contributed by atoms with E-state index in [9.17, 15) is 0 Å². The van der Waals surface area contributed by atoms with Crippen LogP contribution < -0.4 is 5.73 Å². The summed E-state index contributed by atoms with van der Waals surface area (Å²) < 4.78 is 7.88. The van der Waals surface area contributed by atoms with Crippen LogP contribution in [0.4, 0.5) is 0 Å². The SMILES string of the molecule is CCn1c(Cc2ccc(CN)o2)nc2ccccc21. The molecule has 19 heavy (non-hydrogen) atoms. The number of imidazole rings is 1. The van der Waals surface area contributed by atoms with Gasteiger partial charge in [-0.2, -0.15) is 0 Å². The Labute approximate surface area is 111 Å². The first-order valence-corrected chi connectivity index (χ1v) is 6.53. The molecule has 0 radical (unpaired) electrons. The van der Waals surface area contributed by atoms with Gasteiger partial charge in [0.15, 0.2) is 0 Å². The zero-order valence-electron chi connectivity index (χ0n) is 11.0. The molecule has 0 unspecified atom stereocenters.